The van der Waals surface area contributed by atoms with Gasteiger partial charge < -0.3 is 47.2 Å². The summed E-state index contributed by atoms with van der Waals surface area (Å²) in [5.74, 6) is 0. The number of hydrogen-bond donors (Lipinski definition) is 9. The molecule has 0 fully saturated rings. The lowest BCUT2D eigenvalue weighted by molar-refractivity contribution is 0.0947. The Morgan fingerprint density at radius 2 is 0.880 bits per heavy atom. The highest BCUT2D eigenvalue weighted by Crippen LogP contribution is 1.75. The molecule has 2 atom stereocenters. The molecule has 9 heteroatoms. The molecule has 0 saturated heterocycles. The van der Waals surface area contributed by atoms with Crippen LogP contribution in [0.1, 0.15) is 6.92 Å². The van der Waals surface area contributed by atoms with E-state index >= 15 is 0 Å². The van der Waals surface area contributed by atoms with Crippen LogP contribution in [-0.4, -0.2) is 113 Å². The summed E-state index contributed by atoms with van der Waals surface area (Å²) in [4.78, 5) is 0. The van der Waals surface area contributed by atoms with Crippen molar-refractivity contribution < 1.29 is 15.3 Å². The molecule has 152 valence electrons. The minimum Gasteiger partial charge on any atom is -0.394 e. The van der Waals surface area contributed by atoms with Gasteiger partial charge in [-0.3, -0.25) is 0 Å². The van der Waals surface area contributed by atoms with Crippen LogP contribution < -0.4 is 31.9 Å². The van der Waals surface area contributed by atoms with Crippen molar-refractivity contribution >= 4 is 0 Å². The topological polar surface area (TPSA) is 133 Å². The van der Waals surface area contributed by atoms with Crippen LogP contribution >= 0.6 is 0 Å². The molecule has 0 heterocycles. The van der Waals surface area contributed by atoms with E-state index in [9.17, 15) is 0 Å². The summed E-state index contributed by atoms with van der Waals surface area (Å²) in [5.41, 5.74) is 0. The highest BCUT2D eigenvalue weighted by molar-refractivity contribution is 4.60. The molecule has 0 bridgehead atoms. The van der Waals surface area contributed by atoms with Crippen molar-refractivity contribution in [1.29, 1.82) is 0 Å². The predicted octanol–water partition coefficient (Wildman–Crippen LogP) is -3.74. The van der Waals surface area contributed by atoms with Gasteiger partial charge in [0, 0.05) is 78.5 Å². The molecule has 0 aromatic heterocycles. The average molecular weight is 365 g/mol. The Morgan fingerprint density at radius 1 is 0.560 bits per heavy atom. The first kappa shape index (κ1) is 24.6. The summed E-state index contributed by atoms with van der Waals surface area (Å²) >= 11 is 0. The molecule has 0 aliphatic rings. The Morgan fingerprint density at radius 3 is 1.20 bits per heavy atom. The number of rotatable bonds is 20. The van der Waals surface area contributed by atoms with Gasteiger partial charge in [0.25, 0.3) is 0 Å². The number of aliphatic hydroxyl groups excluding tert-OH is 3. The highest BCUT2D eigenvalue weighted by atomic mass is 16.3. The third-order valence-electron chi connectivity index (χ3n) is 3.42. The van der Waals surface area contributed by atoms with Crippen molar-refractivity contribution in [2.75, 3.05) is 85.1 Å². The molecule has 0 rings (SSSR count). The zero-order valence-corrected chi connectivity index (χ0v) is 15.7. The van der Waals surface area contributed by atoms with Gasteiger partial charge in [0.05, 0.1) is 18.8 Å². The third kappa shape index (κ3) is 21.6. The molecule has 0 aromatic carbocycles. The van der Waals surface area contributed by atoms with Gasteiger partial charge in [-0.05, 0) is 6.92 Å². The van der Waals surface area contributed by atoms with Crippen LogP contribution in [0.4, 0.5) is 0 Å². The van der Waals surface area contributed by atoms with Crippen molar-refractivity contribution in [3.8, 4) is 0 Å². The summed E-state index contributed by atoms with van der Waals surface area (Å²) in [5, 5.41) is 46.5. The van der Waals surface area contributed by atoms with E-state index < -0.39 is 6.10 Å². The summed E-state index contributed by atoms with van der Waals surface area (Å²) in [7, 11) is 0. The summed E-state index contributed by atoms with van der Waals surface area (Å²) in [6.45, 7) is 11.7. The number of aliphatic hydroxyl groups is 3. The second-order valence-electron chi connectivity index (χ2n) is 6.09. The fraction of sp³-hybridized carbons (Fsp3) is 1.00. The Balaban J connectivity index is 3.01. The Labute approximate surface area is 152 Å². The monoisotopic (exact) mass is 364 g/mol. The fourth-order valence-electron chi connectivity index (χ4n) is 2.03. The van der Waals surface area contributed by atoms with Crippen LogP contribution in [-0.2, 0) is 0 Å². The normalized spacial score (nSPS) is 13.9. The summed E-state index contributed by atoms with van der Waals surface area (Å²) in [6, 6.07) is 0. The van der Waals surface area contributed by atoms with Crippen LogP contribution in [0.15, 0.2) is 0 Å². The van der Waals surface area contributed by atoms with Crippen molar-refractivity contribution in [1.82, 2.24) is 31.9 Å². The van der Waals surface area contributed by atoms with Crippen LogP contribution in [0.2, 0.25) is 0 Å². The minimum atomic E-state index is -0.670. The molecule has 0 aliphatic heterocycles. The van der Waals surface area contributed by atoms with Crippen molar-refractivity contribution in [3.63, 3.8) is 0 Å². The van der Waals surface area contributed by atoms with Gasteiger partial charge in [0.15, 0.2) is 0 Å². The molecule has 0 saturated carbocycles. The summed E-state index contributed by atoms with van der Waals surface area (Å²) in [6.07, 6.45) is -0.956. The molecular formula is C16H40N6O3. The molecule has 2 unspecified atom stereocenters. The first-order valence-electron chi connectivity index (χ1n) is 9.38. The third-order valence-corrected chi connectivity index (χ3v) is 3.42. The van der Waals surface area contributed by atoms with Crippen LogP contribution in [0, 0.1) is 0 Å². The molecule has 0 radical (unpaired) electrons. The molecule has 25 heavy (non-hydrogen) atoms. The largest absolute Gasteiger partial charge is 0.394 e. The maximum absolute atomic E-state index is 9.14. The molecule has 9 nitrogen and oxygen atoms in total. The Kier molecular flexibility index (Phi) is 19.7. The molecule has 0 aliphatic carbocycles. The second-order valence-corrected chi connectivity index (χ2v) is 6.09. The quantitative estimate of drug-likeness (QED) is 0.1000. The van der Waals surface area contributed by atoms with Crippen molar-refractivity contribution in [3.05, 3.63) is 0 Å². The number of hydrogen-bond acceptors (Lipinski definition) is 9. The van der Waals surface area contributed by atoms with E-state index in [1.54, 1.807) is 6.92 Å². The standard InChI is InChI=1S/C16H40N6O3/c1-15(24)12-21-10-8-19-6-4-17-2-3-18-5-7-20-9-11-22-13-16(25)14-23/h15-25H,2-14H2,1H3. The zero-order chi connectivity index (χ0) is 18.6. The van der Waals surface area contributed by atoms with Gasteiger partial charge in [0.2, 0.25) is 0 Å². The molecule has 0 spiro atoms. The average Bonchev–Trinajstić information content (AvgIpc) is 2.60. The minimum absolute atomic E-state index is 0.199. The van der Waals surface area contributed by atoms with Crippen LogP contribution in [0.3, 0.4) is 0 Å². The number of nitrogens with one attached hydrogen (secondary N) is 6. The first-order chi connectivity index (χ1) is 12.2. The van der Waals surface area contributed by atoms with Gasteiger partial charge in [-0.1, -0.05) is 0 Å². The van der Waals surface area contributed by atoms with Gasteiger partial charge in [-0.25, -0.2) is 0 Å². The van der Waals surface area contributed by atoms with E-state index in [1.807, 2.05) is 0 Å². The van der Waals surface area contributed by atoms with Gasteiger partial charge in [0.1, 0.15) is 0 Å². The van der Waals surface area contributed by atoms with Crippen molar-refractivity contribution in [2.24, 2.45) is 0 Å². The van der Waals surface area contributed by atoms with E-state index in [1.165, 1.54) is 0 Å². The van der Waals surface area contributed by atoms with Gasteiger partial charge in [-0.15, -0.1) is 0 Å². The Bertz CT molecular complexity index is 262. The second kappa shape index (κ2) is 20.0. The summed E-state index contributed by atoms with van der Waals surface area (Å²) < 4.78 is 0. The van der Waals surface area contributed by atoms with Crippen LogP contribution in [0.5, 0.6) is 0 Å². The zero-order valence-electron chi connectivity index (χ0n) is 15.7. The first-order valence-corrected chi connectivity index (χ1v) is 9.38. The fourth-order valence-corrected chi connectivity index (χ4v) is 2.03. The lowest BCUT2D eigenvalue weighted by Gasteiger charge is -2.10. The van der Waals surface area contributed by atoms with E-state index in [0.29, 0.717) is 13.1 Å². The maximum atomic E-state index is 9.14. The maximum Gasteiger partial charge on any atom is 0.0894 e. The van der Waals surface area contributed by atoms with E-state index in [4.69, 9.17) is 15.3 Å². The highest BCUT2D eigenvalue weighted by Gasteiger charge is 1.99. The predicted molar refractivity (Wildman–Crippen MR) is 102 cm³/mol. The SMILES string of the molecule is CC(O)CNCCNCCNCCNCCNCCNCC(O)CO. The smallest absolute Gasteiger partial charge is 0.0894 e. The van der Waals surface area contributed by atoms with Gasteiger partial charge in [-0.2, -0.15) is 0 Å². The Hall–Kier alpha value is -0.360. The lowest BCUT2D eigenvalue weighted by atomic mass is 10.4. The molecule has 0 amide bonds. The van der Waals surface area contributed by atoms with Crippen molar-refractivity contribution in [2.45, 2.75) is 19.1 Å². The van der Waals surface area contributed by atoms with Crippen LogP contribution in [0.25, 0.3) is 0 Å². The van der Waals surface area contributed by atoms with Gasteiger partial charge >= 0.3 is 0 Å². The van der Waals surface area contributed by atoms with E-state index in [2.05, 4.69) is 31.9 Å². The van der Waals surface area contributed by atoms with E-state index in [0.717, 1.165) is 65.4 Å². The molecule has 9 N–H and O–H groups in total. The van der Waals surface area contributed by atoms with E-state index in [-0.39, 0.29) is 12.7 Å². The molecule has 0 aromatic rings. The molecular weight excluding hydrogens is 324 g/mol. The lowest BCUT2D eigenvalue weighted by Crippen LogP contribution is -2.38.